The van der Waals surface area contributed by atoms with Crippen molar-refractivity contribution >= 4 is 5.97 Å². The summed E-state index contributed by atoms with van der Waals surface area (Å²) >= 11 is 0. The lowest BCUT2D eigenvalue weighted by atomic mass is 10.2. The first-order valence-electron chi connectivity index (χ1n) is 3.67. The van der Waals surface area contributed by atoms with E-state index in [0.29, 0.717) is 0 Å². The van der Waals surface area contributed by atoms with Gasteiger partial charge in [0.05, 0.1) is 5.56 Å². The van der Waals surface area contributed by atoms with Crippen molar-refractivity contribution < 1.29 is 19.0 Å². The molecule has 1 aromatic carbocycles. The van der Waals surface area contributed by atoms with Gasteiger partial charge < -0.3 is 9.84 Å². The number of benzene rings is 1. The normalized spacial score (nSPS) is 9.14. The van der Waals surface area contributed by atoms with Gasteiger partial charge >= 0.3 is 5.97 Å². The Morgan fingerprint density at radius 2 is 2.36 bits per heavy atom. The van der Waals surface area contributed by atoms with Crippen molar-refractivity contribution in [3.05, 3.63) is 29.6 Å². The second-order valence-corrected chi connectivity index (χ2v) is 2.43. The van der Waals surface area contributed by atoms with Crippen molar-refractivity contribution in [2.75, 3.05) is 6.61 Å². The van der Waals surface area contributed by atoms with Crippen LogP contribution in [0.15, 0.2) is 18.2 Å². The van der Waals surface area contributed by atoms with Crippen LogP contribution in [-0.2, 0) is 4.79 Å². The molecule has 0 saturated heterocycles. The highest BCUT2D eigenvalue weighted by atomic mass is 19.1. The van der Waals surface area contributed by atoms with Gasteiger partial charge in [-0.15, -0.1) is 0 Å². The van der Waals surface area contributed by atoms with Gasteiger partial charge in [0.25, 0.3) is 0 Å². The number of carboxylic acid groups (broad SMARTS) is 1. The van der Waals surface area contributed by atoms with Crippen molar-refractivity contribution in [2.24, 2.45) is 0 Å². The number of carbonyl (C=O) groups is 1. The fraction of sp³-hybridized carbons (Fsp3) is 0.111. The Bertz CT molecular complexity index is 398. The maximum atomic E-state index is 12.6. The molecule has 0 aliphatic heterocycles. The number of rotatable bonds is 3. The first kappa shape index (κ1) is 9.99. The predicted molar refractivity (Wildman–Crippen MR) is 44.2 cm³/mol. The minimum Gasteiger partial charge on any atom is -0.481 e. The van der Waals surface area contributed by atoms with Crippen LogP contribution in [0.1, 0.15) is 5.56 Å². The lowest BCUT2D eigenvalue weighted by Gasteiger charge is -2.04. The minimum atomic E-state index is -1.15. The van der Waals surface area contributed by atoms with E-state index in [4.69, 9.17) is 15.1 Å². The molecule has 0 unspecified atom stereocenters. The lowest BCUT2D eigenvalue weighted by Crippen LogP contribution is -2.10. The van der Waals surface area contributed by atoms with E-state index in [0.717, 1.165) is 12.1 Å². The van der Waals surface area contributed by atoms with E-state index in [1.807, 2.05) is 0 Å². The van der Waals surface area contributed by atoms with Crippen LogP contribution in [0.3, 0.4) is 0 Å². The molecule has 0 aromatic heterocycles. The molecule has 1 N–H and O–H groups in total. The molecule has 0 bridgehead atoms. The van der Waals surface area contributed by atoms with Gasteiger partial charge in [-0.05, 0) is 18.2 Å². The molecule has 5 heteroatoms. The van der Waals surface area contributed by atoms with Gasteiger partial charge in [-0.2, -0.15) is 5.26 Å². The Kier molecular flexibility index (Phi) is 3.02. The lowest BCUT2D eigenvalue weighted by molar-refractivity contribution is -0.139. The van der Waals surface area contributed by atoms with Gasteiger partial charge in [0.1, 0.15) is 17.6 Å². The number of hydrogen-bond acceptors (Lipinski definition) is 3. The Labute approximate surface area is 79.2 Å². The largest absolute Gasteiger partial charge is 0.481 e. The zero-order valence-electron chi connectivity index (χ0n) is 7.03. The van der Waals surface area contributed by atoms with Gasteiger partial charge in [0.15, 0.2) is 6.61 Å². The van der Waals surface area contributed by atoms with Gasteiger partial charge in [-0.1, -0.05) is 0 Å². The predicted octanol–water partition coefficient (Wildman–Crippen LogP) is 1.16. The third-order valence-electron chi connectivity index (χ3n) is 1.41. The van der Waals surface area contributed by atoms with Gasteiger partial charge in [0.2, 0.25) is 0 Å². The number of nitrogens with zero attached hydrogens (tertiary/aromatic N) is 1. The molecule has 72 valence electrons. The number of aliphatic carboxylic acids is 1. The number of halogens is 1. The van der Waals surface area contributed by atoms with Crippen LogP contribution < -0.4 is 4.74 Å². The Morgan fingerprint density at radius 1 is 1.64 bits per heavy atom. The highest BCUT2D eigenvalue weighted by Crippen LogP contribution is 2.18. The average molecular weight is 195 g/mol. The molecule has 1 rings (SSSR count). The summed E-state index contributed by atoms with van der Waals surface area (Å²) in [4.78, 5) is 10.2. The summed E-state index contributed by atoms with van der Waals surface area (Å²) in [6, 6.07) is 5.00. The Morgan fingerprint density at radius 3 is 2.93 bits per heavy atom. The van der Waals surface area contributed by atoms with Crippen molar-refractivity contribution in [3.8, 4) is 11.8 Å². The van der Waals surface area contributed by atoms with Gasteiger partial charge in [-0.25, -0.2) is 9.18 Å². The van der Waals surface area contributed by atoms with E-state index in [-0.39, 0.29) is 11.3 Å². The van der Waals surface area contributed by atoms with E-state index < -0.39 is 18.4 Å². The van der Waals surface area contributed by atoms with Crippen LogP contribution >= 0.6 is 0 Å². The molecule has 0 saturated carbocycles. The molecular formula is C9H6FNO3. The summed E-state index contributed by atoms with van der Waals surface area (Å²) in [7, 11) is 0. The van der Waals surface area contributed by atoms with E-state index in [1.54, 1.807) is 6.07 Å². The zero-order valence-corrected chi connectivity index (χ0v) is 7.03. The van der Waals surface area contributed by atoms with Crippen molar-refractivity contribution in [2.45, 2.75) is 0 Å². The minimum absolute atomic E-state index is 0.0220. The smallest absolute Gasteiger partial charge is 0.341 e. The summed E-state index contributed by atoms with van der Waals surface area (Å²) in [6.45, 7) is -0.555. The number of hydrogen-bond donors (Lipinski definition) is 1. The molecule has 4 nitrogen and oxygen atoms in total. The standard InChI is InChI=1S/C9H6FNO3/c10-7-1-2-8(6(3-7)4-11)14-5-9(12)13/h1-3H,5H2,(H,12,13). The van der Waals surface area contributed by atoms with Crippen molar-refractivity contribution in [1.82, 2.24) is 0 Å². The summed E-state index contributed by atoms with van der Waals surface area (Å²) in [5.41, 5.74) is -0.0220. The first-order valence-corrected chi connectivity index (χ1v) is 3.67. The molecule has 0 radical (unpaired) electrons. The molecule has 0 aliphatic carbocycles. The van der Waals surface area contributed by atoms with Crippen LogP contribution in [0.4, 0.5) is 4.39 Å². The van der Waals surface area contributed by atoms with Gasteiger partial charge in [-0.3, -0.25) is 0 Å². The summed E-state index contributed by atoms with van der Waals surface area (Å²) in [5.74, 6) is -1.65. The second-order valence-electron chi connectivity index (χ2n) is 2.43. The maximum Gasteiger partial charge on any atom is 0.341 e. The fourth-order valence-electron chi connectivity index (χ4n) is 0.855. The Balaban J connectivity index is 2.87. The first-order chi connectivity index (χ1) is 6.63. The van der Waals surface area contributed by atoms with Crippen molar-refractivity contribution in [1.29, 1.82) is 5.26 Å². The maximum absolute atomic E-state index is 12.6. The Hall–Kier alpha value is -2.09. The molecule has 14 heavy (non-hydrogen) atoms. The van der Waals surface area contributed by atoms with Crippen LogP contribution in [0.5, 0.6) is 5.75 Å². The van der Waals surface area contributed by atoms with Crippen molar-refractivity contribution in [3.63, 3.8) is 0 Å². The third-order valence-corrected chi connectivity index (χ3v) is 1.41. The topological polar surface area (TPSA) is 70.3 Å². The molecule has 1 aromatic rings. The second kappa shape index (κ2) is 4.23. The SMILES string of the molecule is N#Cc1cc(F)ccc1OCC(=O)O. The van der Waals surface area contributed by atoms with E-state index in [9.17, 15) is 9.18 Å². The number of nitriles is 1. The fourth-order valence-corrected chi connectivity index (χ4v) is 0.855. The molecule has 0 spiro atoms. The third kappa shape index (κ3) is 2.45. The monoisotopic (exact) mass is 195 g/mol. The van der Waals surface area contributed by atoms with Crippen LogP contribution in [-0.4, -0.2) is 17.7 Å². The van der Waals surface area contributed by atoms with E-state index in [2.05, 4.69) is 0 Å². The van der Waals surface area contributed by atoms with E-state index >= 15 is 0 Å². The molecule has 0 heterocycles. The quantitative estimate of drug-likeness (QED) is 0.785. The highest BCUT2D eigenvalue weighted by Gasteiger charge is 2.06. The molecule has 0 atom stereocenters. The molecule has 0 aliphatic rings. The van der Waals surface area contributed by atoms with Crippen LogP contribution in [0, 0.1) is 17.1 Å². The average Bonchev–Trinajstić information content (AvgIpc) is 2.15. The summed E-state index contributed by atoms with van der Waals surface area (Å²) in [6.07, 6.45) is 0. The molecular weight excluding hydrogens is 189 g/mol. The highest BCUT2D eigenvalue weighted by molar-refractivity contribution is 5.68. The summed E-state index contributed by atoms with van der Waals surface area (Å²) < 4.78 is 17.4. The van der Waals surface area contributed by atoms with Gasteiger partial charge in [0, 0.05) is 0 Å². The van der Waals surface area contributed by atoms with Crippen LogP contribution in [0.2, 0.25) is 0 Å². The summed E-state index contributed by atoms with van der Waals surface area (Å²) in [5, 5.41) is 16.9. The van der Waals surface area contributed by atoms with Crippen LogP contribution in [0.25, 0.3) is 0 Å². The number of carboxylic acids is 1. The molecule has 0 amide bonds. The molecule has 0 fully saturated rings. The van der Waals surface area contributed by atoms with E-state index in [1.165, 1.54) is 6.07 Å². The zero-order chi connectivity index (χ0) is 10.6. The number of ether oxygens (including phenoxy) is 1.